The van der Waals surface area contributed by atoms with Gasteiger partial charge in [0.15, 0.2) is 0 Å². The highest BCUT2D eigenvalue weighted by molar-refractivity contribution is 6.28. The van der Waals surface area contributed by atoms with Crippen LogP contribution in [-0.2, 0) is 14.3 Å². The van der Waals surface area contributed by atoms with E-state index in [4.69, 9.17) is 23.2 Å². The molecule has 0 fully saturated rings. The van der Waals surface area contributed by atoms with E-state index in [1.807, 2.05) is 4.74 Å². The lowest BCUT2D eigenvalue weighted by molar-refractivity contribution is -0.475. The average Bonchev–Trinajstić information content (AvgIpc) is 2.43. The Balaban J connectivity index is 5.76. The summed E-state index contributed by atoms with van der Waals surface area (Å²) in [6.45, 7) is 0.791. The van der Waals surface area contributed by atoms with Crippen molar-refractivity contribution >= 4 is 29.2 Å². The topological polar surface area (TPSA) is 35.5 Å². The van der Waals surface area contributed by atoms with Gasteiger partial charge < -0.3 is 4.74 Å². The van der Waals surface area contributed by atoms with Crippen molar-refractivity contribution in [1.29, 1.82) is 0 Å². The highest BCUT2D eigenvalue weighted by Gasteiger charge is 2.80. The van der Waals surface area contributed by atoms with Crippen LogP contribution in [-0.4, -0.2) is 53.6 Å². The van der Waals surface area contributed by atoms with Gasteiger partial charge in [-0.2, -0.15) is 48.3 Å². The highest BCUT2D eigenvalue weighted by atomic mass is 35.5. The van der Waals surface area contributed by atoms with Crippen LogP contribution in [0.1, 0.15) is 13.3 Å². The normalized spacial score (nSPS) is 18.6. The Bertz CT molecular complexity index is 523. The molecule has 16 heteroatoms. The van der Waals surface area contributed by atoms with E-state index in [1.165, 1.54) is 0 Å². The average molecular weight is 469 g/mol. The molecule has 0 saturated heterocycles. The van der Waals surface area contributed by atoms with Crippen molar-refractivity contribution in [3.63, 3.8) is 0 Å². The third kappa shape index (κ3) is 5.86. The maximum absolute atomic E-state index is 13.8. The Labute approximate surface area is 153 Å². The zero-order valence-corrected chi connectivity index (χ0v) is 14.2. The molecule has 0 aliphatic rings. The van der Waals surface area contributed by atoms with Crippen LogP contribution in [0.25, 0.3) is 0 Å². The molecule has 0 N–H and O–H groups in total. The Kier molecular flexibility index (Phi) is 8.08. The summed E-state index contributed by atoms with van der Waals surface area (Å²) in [6.07, 6.45) is -23.3. The maximum atomic E-state index is 13.8. The van der Waals surface area contributed by atoms with E-state index < -0.39 is 54.1 Å². The first-order valence-electron chi connectivity index (χ1n) is 6.42. The first-order valence-corrected chi connectivity index (χ1v) is 7.39. The summed E-state index contributed by atoms with van der Waals surface area (Å²) >= 11 is 10.7. The van der Waals surface area contributed by atoms with E-state index in [2.05, 4.69) is 4.74 Å². The van der Waals surface area contributed by atoms with E-state index in [9.17, 15) is 53.1 Å². The Morgan fingerprint density at radius 2 is 1.37 bits per heavy atom. The Morgan fingerprint density at radius 1 is 0.926 bits per heavy atom. The summed E-state index contributed by atoms with van der Waals surface area (Å²) in [5, 5.41) is -1.05. The van der Waals surface area contributed by atoms with Crippen LogP contribution in [0.3, 0.4) is 0 Å². The quantitative estimate of drug-likeness (QED) is 0.279. The van der Waals surface area contributed by atoms with Gasteiger partial charge in [0.05, 0.1) is 5.38 Å². The molecule has 3 unspecified atom stereocenters. The van der Waals surface area contributed by atoms with Gasteiger partial charge in [-0.25, -0.2) is 4.79 Å². The van der Waals surface area contributed by atoms with Crippen LogP contribution in [0.15, 0.2) is 0 Å². The fraction of sp³-hybridized carbons (Fsp3) is 0.909. The lowest BCUT2D eigenvalue weighted by Gasteiger charge is -2.34. The number of alkyl halides is 13. The fourth-order valence-electron chi connectivity index (χ4n) is 1.35. The number of halogens is 13. The van der Waals surface area contributed by atoms with Gasteiger partial charge in [0, 0.05) is 12.3 Å². The van der Waals surface area contributed by atoms with Gasteiger partial charge in [-0.3, -0.25) is 4.74 Å². The van der Waals surface area contributed by atoms with Gasteiger partial charge in [0.25, 0.3) is 0 Å². The minimum absolute atomic E-state index is 0.337. The molecule has 0 aliphatic carbocycles. The van der Waals surface area contributed by atoms with Crippen molar-refractivity contribution in [3.8, 4) is 0 Å². The van der Waals surface area contributed by atoms with E-state index in [1.54, 1.807) is 0 Å². The van der Waals surface area contributed by atoms with Crippen LogP contribution in [0.5, 0.6) is 0 Å². The lowest BCUT2D eigenvalue weighted by Crippen LogP contribution is -2.62. The first kappa shape index (κ1) is 26.2. The molecule has 0 aromatic heterocycles. The number of ether oxygens (including phenoxy) is 2. The zero-order valence-electron chi connectivity index (χ0n) is 12.7. The van der Waals surface area contributed by atoms with Crippen LogP contribution < -0.4 is 0 Å². The first-order chi connectivity index (χ1) is 11.7. The second-order valence-corrected chi connectivity index (χ2v) is 5.91. The number of carbonyl (C=O) groups is 1. The maximum Gasteiger partial charge on any atom is 0.462 e. The SMILES string of the molecule is CC(CC(Cl)CCl)OC(=O)C(F)(OC(F)(F)C(F)(F)C(F)(F)F)C(F)(F)F. The van der Waals surface area contributed by atoms with Crippen LogP contribution in [0, 0.1) is 0 Å². The smallest absolute Gasteiger partial charge is 0.458 e. The van der Waals surface area contributed by atoms with Crippen molar-refractivity contribution in [2.45, 2.75) is 55.1 Å². The minimum Gasteiger partial charge on any atom is -0.458 e. The summed E-state index contributed by atoms with van der Waals surface area (Å²) in [7, 11) is 0. The van der Waals surface area contributed by atoms with Crippen molar-refractivity contribution in [1.82, 2.24) is 0 Å². The summed E-state index contributed by atoms with van der Waals surface area (Å²) in [5.41, 5.74) is 0. The third-order valence-electron chi connectivity index (χ3n) is 2.68. The zero-order chi connectivity index (χ0) is 22.1. The largest absolute Gasteiger partial charge is 0.462 e. The number of carbonyl (C=O) groups excluding carboxylic acids is 1. The molecule has 0 heterocycles. The standard InChI is InChI=1S/C11H9Cl2F11O3/c1-4(2-5(13)3-12)26-6(25)7(14,9(17,18)19)27-11(23,24)8(15,16)10(20,21)22/h4-5H,2-3H2,1H3. The molecule has 0 aromatic rings. The van der Waals surface area contributed by atoms with E-state index in [-0.39, 0.29) is 5.88 Å². The van der Waals surface area contributed by atoms with Crippen molar-refractivity contribution in [2.24, 2.45) is 0 Å². The highest BCUT2D eigenvalue weighted by Crippen LogP contribution is 2.51. The molecule has 3 atom stereocenters. The van der Waals surface area contributed by atoms with Gasteiger partial charge >= 0.3 is 36.2 Å². The van der Waals surface area contributed by atoms with Gasteiger partial charge in [-0.05, 0) is 6.92 Å². The Hall–Kier alpha value is -0.760. The molecule has 0 spiro atoms. The number of rotatable bonds is 8. The van der Waals surface area contributed by atoms with Gasteiger partial charge in [-0.1, -0.05) is 0 Å². The molecule has 0 rings (SSSR count). The van der Waals surface area contributed by atoms with Gasteiger partial charge in [-0.15, -0.1) is 23.2 Å². The third-order valence-corrected chi connectivity index (χ3v) is 3.54. The molecule has 27 heavy (non-hydrogen) atoms. The summed E-state index contributed by atoms with van der Waals surface area (Å²) in [4.78, 5) is 11.3. The molecule has 0 saturated carbocycles. The van der Waals surface area contributed by atoms with Gasteiger partial charge in [0.2, 0.25) is 0 Å². The summed E-state index contributed by atoms with van der Waals surface area (Å²) < 4.78 is 145. The lowest BCUT2D eigenvalue weighted by atomic mass is 10.2. The Morgan fingerprint density at radius 3 is 1.70 bits per heavy atom. The fourth-order valence-corrected chi connectivity index (χ4v) is 1.73. The number of esters is 1. The molecule has 0 aromatic carbocycles. The molecule has 0 aliphatic heterocycles. The molecular formula is C11H9Cl2F11O3. The minimum atomic E-state index is -7.27. The summed E-state index contributed by atoms with van der Waals surface area (Å²) in [6, 6.07) is 0. The van der Waals surface area contributed by atoms with E-state index in [0.29, 0.717) is 0 Å². The number of hydrogen-bond donors (Lipinski definition) is 0. The number of hydrogen-bond acceptors (Lipinski definition) is 3. The second kappa shape index (κ2) is 8.31. The van der Waals surface area contributed by atoms with Crippen LogP contribution in [0.4, 0.5) is 48.3 Å². The van der Waals surface area contributed by atoms with Crippen LogP contribution >= 0.6 is 23.2 Å². The van der Waals surface area contributed by atoms with E-state index >= 15 is 0 Å². The van der Waals surface area contributed by atoms with E-state index in [0.717, 1.165) is 6.92 Å². The van der Waals surface area contributed by atoms with Crippen molar-refractivity contribution in [2.75, 3.05) is 5.88 Å². The van der Waals surface area contributed by atoms with Crippen molar-refractivity contribution < 1.29 is 62.6 Å². The molecular weight excluding hydrogens is 460 g/mol. The predicted molar refractivity (Wildman–Crippen MR) is 67.5 cm³/mol. The predicted octanol–water partition coefficient (Wildman–Crippen LogP) is 5.19. The summed E-state index contributed by atoms with van der Waals surface area (Å²) in [5.74, 6) is -17.3. The molecule has 3 nitrogen and oxygen atoms in total. The molecule has 162 valence electrons. The monoisotopic (exact) mass is 468 g/mol. The van der Waals surface area contributed by atoms with Crippen LogP contribution in [0.2, 0.25) is 0 Å². The molecule has 0 radical (unpaired) electrons. The van der Waals surface area contributed by atoms with Crippen molar-refractivity contribution in [3.05, 3.63) is 0 Å². The molecule has 0 bridgehead atoms. The second-order valence-electron chi connectivity index (χ2n) is 4.99. The van der Waals surface area contributed by atoms with Gasteiger partial charge in [0.1, 0.15) is 6.10 Å². The molecule has 0 amide bonds.